The minimum atomic E-state index is -1.08. The summed E-state index contributed by atoms with van der Waals surface area (Å²) in [5.41, 5.74) is 0. The number of hydrogen-bond donors (Lipinski definition) is 3. The minimum absolute atomic E-state index is 0.270. The quantitative estimate of drug-likeness (QED) is 0.0409. The molecule has 0 fully saturated rings. The first kappa shape index (κ1) is 41.1. The van der Waals surface area contributed by atoms with Gasteiger partial charge in [-0.1, -0.05) is 110 Å². The van der Waals surface area contributed by atoms with Crippen molar-refractivity contribution in [1.29, 1.82) is 0 Å². The Kier molecular flexibility index (Phi) is 25.3. The highest BCUT2D eigenvalue weighted by atomic mass is 16.4. The monoisotopic (exact) mass is 611 g/mol. The fourth-order valence-corrected chi connectivity index (χ4v) is 6.81. The molecule has 0 aromatic heterocycles. The van der Waals surface area contributed by atoms with Crippen LogP contribution in [0.1, 0.15) is 175 Å². The summed E-state index contributed by atoms with van der Waals surface area (Å²) in [6.45, 7) is 8.16. The summed E-state index contributed by atoms with van der Waals surface area (Å²) < 4.78 is -0.370. The summed E-state index contributed by atoms with van der Waals surface area (Å²) in [5, 5.41) is 30.9. The van der Waals surface area contributed by atoms with Gasteiger partial charge in [0, 0.05) is 19.3 Å². The van der Waals surface area contributed by atoms with Crippen LogP contribution in [-0.2, 0) is 14.4 Å². The van der Waals surface area contributed by atoms with E-state index in [1.807, 2.05) is 20.8 Å². The first-order valence-corrected chi connectivity index (χ1v) is 17.9. The number of carboxylic acid groups (broad SMARTS) is 3. The second kappa shape index (κ2) is 26.5. The van der Waals surface area contributed by atoms with E-state index in [-0.39, 0.29) is 30.3 Å². The highest BCUT2D eigenvalue weighted by Crippen LogP contribution is 2.34. The smallest absolute Gasteiger partial charge is 0.362 e. The molecule has 0 rings (SSSR count). The number of rotatable bonds is 31. The Morgan fingerprint density at radius 1 is 0.465 bits per heavy atom. The van der Waals surface area contributed by atoms with E-state index in [1.54, 1.807) is 0 Å². The van der Waals surface area contributed by atoms with Gasteiger partial charge in [-0.15, -0.1) is 0 Å². The van der Waals surface area contributed by atoms with Crippen LogP contribution in [0.4, 0.5) is 0 Å². The van der Waals surface area contributed by atoms with Crippen LogP contribution in [-0.4, -0.2) is 62.4 Å². The first-order chi connectivity index (χ1) is 20.7. The maximum absolute atomic E-state index is 12.6. The van der Waals surface area contributed by atoms with Gasteiger partial charge in [0.2, 0.25) is 0 Å². The van der Waals surface area contributed by atoms with Crippen LogP contribution in [0.15, 0.2) is 12.2 Å². The Morgan fingerprint density at radius 2 is 0.767 bits per heavy atom. The average Bonchev–Trinajstić information content (AvgIpc) is 2.97. The van der Waals surface area contributed by atoms with E-state index in [0.29, 0.717) is 25.7 Å². The molecule has 0 aromatic rings. The van der Waals surface area contributed by atoms with E-state index in [0.717, 1.165) is 19.3 Å². The lowest BCUT2D eigenvalue weighted by atomic mass is 9.91. The third-order valence-electron chi connectivity index (χ3n) is 9.09. The van der Waals surface area contributed by atoms with Crippen molar-refractivity contribution in [1.82, 2.24) is 0 Å². The summed E-state index contributed by atoms with van der Waals surface area (Å²) in [6.07, 6.45) is 27.4. The third kappa shape index (κ3) is 16.7. The summed E-state index contributed by atoms with van der Waals surface area (Å²) in [4.78, 5) is 37.8. The molecule has 7 nitrogen and oxygen atoms in total. The lowest BCUT2D eigenvalue weighted by Crippen LogP contribution is -2.72. The van der Waals surface area contributed by atoms with Crippen molar-refractivity contribution < 1.29 is 34.2 Å². The maximum Gasteiger partial charge on any atom is 0.362 e. The molecule has 3 atom stereocenters. The zero-order chi connectivity index (χ0) is 32.3. The van der Waals surface area contributed by atoms with E-state index < -0.39 is 36.0 Å². The van der Waals surface area contributed by atoms with Crippen LogP contribution < -0.4 is 0 Å². The molecule has 0 radical (unpaired) electrons. The first-order valence-electron chi connectivity index (χ1n) is 17.9. The topological polar surface area (TPSA) is 112 Å². The van der Waals surface area contributed by atoms with Gasteiger partial charge in [0.1, 0.15) is 0 Å². The molecule has 0 saturated heterocycles. The number of unbranched alkanes of at least 4 members (excludes halogenated alkanes) is 15. The van der Waals surface area contributed by atoms with Crippen molar-refractivity contribution in [3.8, 4) is 0 Å². The van der Waals surface area contributed by atoms with Gasteiger partial charge in [-0.3, -0.25) is 4.48 Å². The highest BCUT2D eigenvalue weighted by Gasteiger charge is 2.56. The summed E-state index contributed by atoms with van der Waals surface area (Å²) in [7, 11) is 0. The average molecular weight is 611 g/mol. The van der Waals surface area contributed by atoms with Crippen LogP contribution in [0.2, 0.25) is 0 Å². The lowest BCUT2D eigenvalue weighted by molar-refractivity contribution is -0.973. The normalized spacial score (nSPS) is 15.3. The van der Waals surface area contributed by atoms with E-state index in [4.69, 9.17) is 0 Å². The second-order valence-corrected chi connectivity index (χ2v) is 12.6. The number of carboxylic acids is 3. The fourth-order valence-electron chi connectivity index (χ4n) is 6.81. The summed E-state index contributed by atoms with van der Waals surface area (Å²) in [5.74, 6) is -3.25. The number of nitrogens with zero attached hydrogens (tertiary/aromatic N) is 1. The largest absolute Gasteiger partial charge is 0.477 e. The number of aliphatic carboxylic acids is 3. The third-order valence-corrected chi connectivity index (χ3v) is 9.09. The van der Waals surface area contributed by atoms with Gasteiger partial charge in [-0.25, -0.2) is 14.4 Å². The van der Waals surface area contributed by atoms with Gasteiger partial charge in [-0.2, -0.15) is 0 Å². The molecule has 43 heavy (non-hydrogen) atoms. The zero-order valence-electron chi connectivity index (χ0n) is 28.4. The predicted molar refractivity (Wildman–Crippen MR) is 177 cm³/mol. The lowest BCUT2D eigenvalue weighted by Gasteiger charge is -2.50. The molecule has 0 aliphatic rings. The van der Waals surface area contributed by atoms with Crippen molar-refractivity contribution in [2.75, 3.05) is 6.54 Å². The van der Waals surface area contributed by atoms with Crippen molar-refractivity contribution >= 4 is 17.9 Å². The molecule has 0 spiro atoms. The molecule has 0 aromatic carbocycles. The highest BCUT2D eigenvalue weighted by molar-refractivity contribution is 5.78. The SMILES string of the molecule is CCCCC/C=C/CCCCCCCCCCCCCC[N+](C(CCC)C(=O)O)(C(CCC)C(=O)O)C(CCC)C(=O)O. The molecule has 7 heteroatoms. The van der Waals surface area contributed by atoms with E-state index >= 15 is 0 Å². The molecular weight excluding hydrogens is 542 g/mol. The standard InChI is InChI=1S/C36H67NO6/c1-5-9-10-11-12-13-14-15-16-17-18-19-20-21-22-23-24-25-26-30-37(31(27-6-2)34(38)39,32(28-7-3)35(40)41)33(29-8-4)36(42)43/h12-13,31-33H,5-11,14-30H2,1-4H3,(H2-,38,39,40,41,42,43)/p+1/b13-12+. The van der Waals surface area contributed by atoms with Gasteiger partial charge in [0.15, 0.2) is 18.1 Å². The molecule has 0 amide bonds. The van der Waals surface area contributed by atoms with Crippen molar-refractivity contribution in [2.24, 2.45) is 0 Å². The van der Waals surface area contributed by atoms with E-state index in [1.165, 1.54) is 83.5 Å². The van der Waals surface area contributed by atoms with E-state index in [9.17, 15) is 29.7 Å². The van der Waals surface area contributed by atoms with Crippen LogP contribution in [0.5, 0.6) is 0 Å². The number of hydrogen-bond acceptors (Lipinski definition) is 3. The van der Waals surface area contributed by atoms with Gasteiger partial charge in [0.05, 0.1) is 6.54 Å². The number of allylic oxidation sites excluding steroid dienone is 2. The Hall–Kier alpha value is -1.89. The number of quaternary nitrogens is 1. The zero-order valence-corrected chi connectivity index (χ0v) is 28.4. The van der Waals surface area contributed by atoms with Gasteiger partial charge in [-0.05, 0) is 57.8 Å². The molecule has 0 aliphatic heterocycles. The Balaban J connectivity index is 4.81. The fraction of sp³-hybridized carbons (Fsp3) is 0.861. The Labute approximate surface area is 264 Å². The molecule has 3 unspecified atom stereocenters. The second-order valence-electron chi connectivity index (χ2n) is 12.6. The van der Waals surface area contributed by atoms with Crippen molar-refractivity contribution in [2.45, 2.75) is 193 Å². The minimum Gasteiger partial charge on any atom is -0.477 e. The van der Waals surface area contributed by atoms with Crippen LogP contribution in [0, 0.1) is 0 Å². The van der Waals surface area contributed by atoms with Gasteiger partial charge in [0.25, 0.3) is 0 Å². The van der Waals surface area contributed by atoms with Crippen LogP contribution in [0.25, 0.3) is 0 Å². The molecular formula is C36H68NO6+. The Bertz CT molecular complexity index is 692. The summed E-state index contributed by atoms with van der Waals surface area (Å²) >= 11 is 0. The van der Waals surface area contributed by atoms with Gasteiger partial charge >= 0.3 is 17.9 Å². The molecule has 0 saturated carbocycles. The van der Waals surface area contributed by atoms with Crippen LogP contribution >= 0.6 is 0 Å². The van der Waals surface area contributed by atoms with E-state index in [2.05, 4.69) is 19.1 Å². The van der Waals surface area contributed by atoms with Crippen LogP contribution in [0.3, 0.4) is 0 Å². The number of carbonyl (C=O) groups is 3. The van der Waals surface area contributed by atoms with Crippen molar-refractivity contribution in [3.63, 3.8) is 0 Å². The van der Waals surface area contributed by atoms with Crippen molar-refractivity contribution in [3.05, 3.63) is 12.2 Å². The Morgan fingerprint density at radius 3 is 1.07 bits per heavy atom. The molecule has 0 aliphatic carbocycles. The van der Waals surface area contributed by atoms with Gasteiger partial charge < -0.3 is 15.3 Å². The summed E-state index contributed by atoms with van der Waals surface area (Å²) in [6, 6.07) is -3.13. The molecule has 0 heterocycles. The molecule has 3 N–H and O–H groups in total. The predicted octanol–water partition coefficient (Wildman–Crippen LogP) is 9.77. The maximum atomic E-state index is 12.6. The molecule has 0 bridgehead atoms. The molecule has 252 valence electrons.